The van der Waals surface area contributed by atoms with E-state index in [1.165, 1.54) is 16.7 Å². The number of nitrogens with zero attached hydrogens (tertiary/aromatic N) is 1. The molecule has 0 bridgehead atoms. The highest BCUT2D eigenvalue weighted by molar-refractivity contribution is 5.82. The van der Waals surface area contributed by atoms with Crippen molar-refractivity contribution in [1.82, 2.24) is 9.55 Å². The number of H-pyrrole nitrogens is 1. The smallest absolute Gasteiger partial charge is 0.387 e. The van der Waals surface area contributed by atoms with Gasteiger partial charge in [-0.15, -0.1) is 0 Å². The number of fused-ring (bicyclic) bond motifs is 1. The molecule has 0 unspecified atom stereocenters. The Morgan fingerprint density at radius 2 is 1.84 bits per heavy atom. The normalized spacial score (nSPS) is 11.3. The zero-order valence-electron chi connectivity index (χ0n) is 16.6. The lowest BCUT2D eigenvalue weighted by Crippen LogP contribution is -2.17. The first-order valence-electron chi connectivity index (χ1n) is 9.64. The molecule has 4 rings (SSSR count). The van der Waals surface area contributed by atoms with E-state index in [1.807, 2.05) is 0 Å². The number of hydrogen-bond acceptors (Lipinski definition) is 3. The molecule has 0 fully saturated rings. The molecular weight excluding hydrogens is 409 g/mol. The van der Waals surface area contributed by atoms with Crippen LogP contribution in [-0.4, -0.2) is 22.8 Å². The van der Waals surface area contributed by atoms with Gasteiger partial charge in [0.05, 0.1) is 24.2 Å². The first-order chi connectivity index (χ1) is 15.0. The van der Waals surface area contributed by atoms with Gasteiger partial charge in [0.1, 0.15) is 5.82 Å². The van der Waals surface area contributed by atoms with Crippen LogP contribution in [-0.2, 0) is 6.54 Å². The molecule has 0 aliphatic rings. The summed E-state index contributed by atoms with van der Waals surface area (Å²) in [7, 11) is 0. The van der Waals surface area contributed by atoms with E-state index in [4.69, 9.17) is 4.74 Å². The third-order valence-electron chi connectivity index (χ3n) is 4.82. The van der Waals surface area contributed by atoms with Crippen LogP contribution in [0.15, 0.2) is 65.5 Å². The SMILES string of the molecule is CCOc1cc(Cn2c(=O)[nH]c3cc(-c4ccccc4F)ccc32)ccc1OC(F)F. The maximum atomic E-state index is 14.1. The molecule has 0 spiro atoms. The number of halogens is 3. The third kappa shape index (κ3) is 4.28. The van der Waals surface area contributed by atoms with E-state index in [0.29, 0.717) is 27.7 Å². The highest BCUT2D eigenvalue weighted by Crippen LogP contribution is 2.31. The summed E-state index contributed by atoms with van der Waals surface area (Å²) in [6.45, 7) is -0.775. The van der Waals surface area contributed by atoms with Crippen molar-refractivity contribution in [2.75, 3.05) is 6.61 Å². The molecule has 0 aliphatic carbocycles. The summed E-state index contributed by atoms with van der Waals surface area (Å²) < 4.78 is 50.7. The van der Waals surface area contributed by atoms with E-state index in [9.17, 15) is 18.0 Å². The van der Waals surface area contributed by atoms with E-state index in [-0.39, 0.29) is 36.2 Å². The number of nitrogens with one attached hydrogen (secondary N) is 1. The Morgan fingerprint density at radius 1 is 1.03 bits per heavy atom. The van der Waals surface area contributed by atoms with Crippen molar-refractivity contribution in [3.05, 3.63) is 82.5 Å². The topological polar surface area (TPSA) is 56.2 Å². The predicted octanol–water partition coefficient (Wildman–Crippen LogP) is 5.18. The highest BCUT2D eigenvalue weighted by Gasteiger charge is 2.14. The summed E-state index contributed by atoms with van der Waals surface area (Å²) in [6, 6.07) is 16.2. The van der Waals surface area contributed by atoms with E-state index in [2.05, 4.69) is 9.72 Å². The number of alkyl halides is 2. The second-order valence-electron chi connectivity index (χ2n) is 6.82. The van der Waals surface area contributed by atoms with Gasteiger partial charge in [0.15, 0.2) is 11.5 Å². The molecule has 0 saturated heterocycles. The third-order valence-corrected chi connectivity index (χ3v) is 4.82. The molecule has 3 aromatic carbocycles. The van der Waals surface area contributed by atoms with E-state index in [0.717, 1.165) is 0 Å². The number of rotatable bonds is 7. The van der Waals surface area contributed by atoms with Crippen molar-refractivity contribution in [1.29, 1.82) is 0 Å². The van der Waals surface area contributed by atoms with Crippen molar-refractivity contribution < 1.29 is 22.6 Å². The Morgan fingerprint density at radius 3 is 2.58 bits per heavy atom. The Bertz CT molecular complexity index is 1280. The number of aromatic amines is 1. The van der Waals surface area contributed by atoms with Crippen LogP contribution in [0.1, 0.15) is 12.5 Å². The van der Waals surface area contributed by atoms with Crippen LogP contribution in [0, 0.1) is 5.82 Å². The molecule has 0 amide bonds. The van der Waals surface area contributed by atoms with Crippen LogP contribution in [0.25, 0.3) is 22.2 Å². The zero-order valence-corrected chi connectivity index (χ0v) is 16.6. The molecule has 160 valence electrons. The maximum absolute atomic E-state index is 14.1. The lowest BCUT2D eigenvalue weighted by molar-refractivity contribution is -0.0514. The molecule has 31 heavy (non-hydrogen) atoms. The van der Waals surface area contributed by atoms with Gasteiger partial charge >= 0.3 is 12.3 Å². The van der Waals surface area contributed by atoms with Crippen LogP contribution < -0.4 is 15.2 Å². The Hall–Kier alpha value is -3.68. The van der Waals surface area contributed by atoms with E-state index < -0.39 is 6.61 Å². The average molecular weight is 428 g/mol. The highest BCUT2D eigenvalue weighted by atomic mass is 19.3. The Kier molecular flexibility index (Phi) is 5.70. The molecule has 5 nitrogen and oxygen atoms in total. The van der Waals surface area contributed by atoms with Gasteiger partial charge < -0.3 is 14.5 Å². The minimum Gasteiger partial charge on any atom is -0.490 e. The minimum absolute atomic E-state index is 0.0681. The molecule has 0 radical (unpaired) electrons. The number of hydrogen-bond donors (Lipinski definition) is 1. The van der Waals surface area contributed by atoms with Gasteiger partial charge in [0.25, 0.3) is 0 Å². The molecule has 1 N–H and O–H groups in total. The van der Waals surface area contributed by atoms with Gasteiger partial charge in [-0.25, -0.2) is 9.18 Å². The number of aromatic nitrogens is 2. The van der Waals surface area contributed by atoms with Crippen LogP contribution >= 0.6 is 0 Å². The molecular formula is C23H19F3N2O3. The fourth-order valence-corrected chi connectivity index (χ4v) is 3.48. The number of benzene rings is 3. The van der Waals surface area contributed by atoms with Gasteiger partial charge in [0, 0.05) is 5.56 Å². The lowest BCUT2D eigenvalue weighted by atomic mass is 10.0. The molecule has 4 aromatic rings. The standard InChI is InChI=1S/C23H19F3N2O3/c1-2-30-21-11-14(7-10-20(21)31-22(25)26)13-28-19-9-8-15(12-18(19)27-23(28)29)16-5-3-4-6-17(16)24/h3-12,22H,2,13H2,1H3,(H,27,29). The Labute approximate surface area is 175 Å². The molecule has 1 heterocycles. The maximum Gasteiger partial charge on any atom is 0.387 e. The van der Waals surface area contributed by atoms with Crippen LogP contribution in [0.4, 0.5) is 13.2 Å². The number of imidazole rings is 1. The van der Waals surface area contributed by atoms with Crippen molar-refractivity contribution in [3.63, 3.8) is 0 Å². The van der Waals surface area contributed by atoms with Crippen molar-refractivity contribution in [3.8, 4) is 22.6 Å². The molecule has 0 saturated carbocycles. The van der Waals surface area contributed by atoms with Gasteiger partial charge in [-0.2, -0.15) is 8.78 Å². The van der Waals surface area contributed by atoms with E-state index in [1.54, 1.807) is 55.5 Å². The second-order valence-corrected chi connectivity index (χ2v) is 6.82. The lowest BCUT2D eigenvalue weighted by Gasteiger charge is -2.13. The second kappa shape index (κ2) is 8.59. The quantitative estimate of drug-likeness (QED) is 0.441. The van der Waals surface area contributed by atoms with Gasteiger partial charge in [0.2, 0.25) is 0 Å². The average Bonchev–Trinajstić information content (AvgIpc) is 3.04. The largest absolute Gasteiger partial charge is 0.490 e. The summed E-state index contributed by atoms with van der Waals surface area (Å²) >= 11 is 0. The first-order valence-corrected chi connectivity index (χ1v) is 9.64. The Balaban J connectivity index is 1.69. The minimum atomic E-state index is -2.97. The summed E-state index contributed by atoms with van der Waals surface area (Å²) in [6.07, 6.45) is 0. The van der Waals surface area contributed by atoms with Crippen LogP contribution in [0.3, 0.4) is 0 Å². The molecule has 0 atom stereocenters. The van der Waals surface area contributed by atoms with Gasteiger partial charge in [-0.3, -0.25) is 4.57 Å². The van der Waals surface area contributed by atoms with E-state index >= 15 is 0 Å². The van der Waals surface area contributed by atoms with Gasteiger partial charge in [-0.05, 0) is 48.4 Å². The van der Waals surface area contributed by atoms with Crippen molar-refractivity contribution >= 4 is 11.0 Å². The van der Waals surface area contributed by atoms with Crippen molar-refractivity contribution in [2.45, 2.75) is 20.1 Å². The molecule has 1 aromatic heterocycles. The summed E-state index contributed by atoms with van der Waals surface area (Å²) in [5.41, 5.74) is 2.61. The zero-order chi connectivity index (χ0) is 22.0. The monoisotopic (exact) mass is 428 g/mol. The molecule has 8 heteroatoms. The predicted molar refractivity (Wildman–Crippen MR) is 111 cm³/mol. The van der Waals surface area contributed by atoms with Crippen LogP contribution in [0.5, 0.6) is 11.5 Å². The molecule has 0 aliphatic heterocycles. The fraction of sp³-hybridized carbons (Fsp3) is 0.174. The summed E-state index contributed by atoms with van der Waals surface area (Å²) in [5.74, 6) is -0.241. The number of ether oxygens (including phenoxy) is 2. The first kappa shape index (κ1) is 20.6. The fourth-order valence-electron chi connectivity index (χ4n) is 3.48. The van der Waals surface area contributed by atoms with Crippen molar-refractivity contribution in [2.24, 2.45) is 0 Å². The van der Waals surface area contributed by atoms with Gasteiger partial charge in [-0.1, -0.05) is 30.3 Å². The summed E-state index contributed by atoms with van der Waals surface area (Å²) in [5, 5.41) is 0. The summed E-state index contributed by atoms with van der Waals surface area (Å²) in [4.78, 5) is 15.3. The van der Waals surface area contributed by atoms with Crippen LogP contribution in [0.2, 0.25) is 0 Å².